The van der Waals surface area contributed by atoms with Crippen LogP contribution < -0.4 is 5.56 Å². The maximum absolute atomic E-state index is 11.4. The van der Waals surface area contributed by atoms with Gasteiger partial charge in [0.2, 0.25) is 0 Å². The molecule has 0 radical (unpaired) electrons. The van der Waals surface area contributed by atoms with Gasteiger partial charge in [0.05, 0.1) is 10.6 Å². The minimum Gasteiger partial charge on any atom is -0.293 e. The number of terminal acetylenes is 1. The van der Waals surface area contributed by atoms with Gasteiger partial charge in [0, 0.05) is 6.07 Å². The Morgan fingerprint density at radius 2 is 2.50 bits per heavy atom. The maximum Gasteiger partial charge on any atom is 0.268 e. The third-order valence-electron chi connectivity index (χ3n) is 1.83. The van der Waals surface area contributed by atoms with E-state index in [9.17, 15) is 4.79 Å². The highest BCUT2D eigenvalue weighted by Crippen LogP contribution is 2.20. The normalized spacial score (nSPS) is 9.93. The van der Waals surface area contributed by atoms with E-state index in [4.69, 9.17) is 6.42 Å². The van der Waals surface area contributed by atoms with Gasteiger partial charge in [-0.05, 0) is 11.4 Å². The van der Waals surface area contributed by atoms with Gasteiger partial charge in [0.25, 0.3) is 5.56 Å². The van der Waals surface area contributed by atoms with Gasteiger partial charge in [-0.15, -0.1) is 17.8 Å². The molecule has 0 saturated carbocycles. The molecule has 14 heavy (non-hydrogen) atoms. The van der Waals surface area contributed by atoms with Crippen LogP contribution in [0.2, 0.25) is 0 Å². The molecule has 0 amide bonds. The van der Waals surface area contributed by atoms with Crippen molar-refractivity contribution in [3.63, 3.8) is 0 Å². The van der Waals surface area contributed by atoms with E-state index in [-0.39, 0.29) is 12.1 Å². The zero-order valence-corrected chi connectivity index (χ0v) is 8.17. The van der Waals surface area contributed by atoms with E-state index in [1.807, 2.05) is 17.5 Å². The van der Waals surface area contributed by atoms with Crippen molar-refractivity contribution < 1.29 is 0 Å². The van der Waals surface area contributed by atoms with Gasteiger partial charge in [-0.25, -0.2) is 4.68 Å². The van der Waals surface area contributed by atoms with Gasteiger partial charge in [-0.3, -0.25) is 9.89 Å². The first-order valence-corrected chi connectivity index (χ1v) is 4.96. The van der Waals surface area contributed by atoms with Crippen LogP contribution in [0.3, 0.4) is 0 Å². The zero-order chi connectivity index (χ0) is 9.97. The molecule has 0 aliphatic carbocycles. The number of nitrogens with one attached hydrogen (secondary N) is 1. The van der Waals surface area contributed by atoms with Crippen molar-refractivity contribution in [2.75, 3.05) is 0 Å². The number of aromatic amines is 1. The molecule has 0 bridgehead atoms. The number of hydrogen-bond acceptors (Lipinski definition) is 2. The molecule has 4 heteroatoms. The van der Waals surface area contributed by atoms with E-state index < -0.39 is 0 Å². The van der Waals surface area contributed by atoms with Crippen molar-refractivity contribution in [3.8, 4) is 22.9 Å². The highest BCUT2D eigenvalue weighted by Gasteiger charge is 2.04. The summed E-state index contributed by atoms with van der Waals surface area (Å²) in [5.41, 5.74) is 0.728. The molecule has 0 spiro atoms. The van der Waals surface area contributed by atoms with Gasteiger partial charge < -0.3 is 0 Å². The first-order chi connectivity index (χ1) is 6.81. The topological polar surface area (TPSA) is 37.8 Å². The third-order valence-corrected chi connectivity index (χ3v) is 2.73. The second-order valence-corrected chi connectivity index (χ2v) is 3.72. The predicted molar refractivity (Wildman–Crippen MR) is 57.2 cm³/mol. The first-order valence-electron chi connectivity index (χ1n) is 4.08. The van der Waals surface area contributed by atoms with Crippen LogP contribution in [0.1, 0.15) is 0 Å². The van der Waals surface area contributed by atoms with E-state index in [0.29, 0.717) is 0 Å². The van der Waals surface area contributed by atoms with Crippen LogP contribution in [0.15, 0.2) is 28.4 Å². The van der Waals surface area contributed by atoms with Crippen molar-refractivity contribution >= 4 is 11.3 Å². The second-order valence-electron chi connectivity index (χ2n) is 2.78. The van der Waals surface area contributed by atoms with E-state index >= 15 is 0 Å². The van der Waals surface area contributed by atoms with Gasteiger partial charge in [0.15, 0.2) is 0 Å². The maximum atomic E-state index is 11.4. The predicted octanol–water partition coefficient (Wildman–Crippen LogP) is 1.54. The Morgan fingerprint density at radius 1 is 1.64 bits per heavy atom. The molecule has 0 aromatic carbocycles. The van der Waals surface area contributed by atoms with Crippen molar-refractivity contribution in [1.29, 1.82) is 0 Å². The lowest BCUT2D eigenvalue weighted by molar-refractivity contribution is 0.693. The largest absolute Gasteiger partial charge is 0.293 e. The SMILES string of the molecule is C#CCn1[nH]c(-c2cccs2)cc1=O. The average Bonchev–Trinajstić information content (AvgIpc) is 2.76. The van der Waals surface area contributed by atoms with Crippen molar-refractivity contribution in [2.45, 2.75) is 6.54 Å². The van der Waals surface area contributed by atoms with E-state index in [1.54, 1.807) is 17.4 Å². The smallest absolute Gasteiger partial charge is 0.268 e. The van der Waals surface area contributed by atoms with Crippen LogP contribution in [0, 0.1) is 12.3 Å². The van der Waals surface area contributed by atoms with Crippen LogP contribution in [0.25, 0.3) is 10.6 Å². The molecule has 3 nitrogen and oxygen atoms in total. The molecule has 2 rings (SSSR count). The molecule has 2 heterocycles. The fourth-order valence-electron chi connectivity index (χ4n) is 1.20. The summed E-state index contributed by atoms with van der Waals surface area (Å²) in [6, 6.07) is 5.45. The van der Waals surface area contributed by atoms with E-state index in [2.05, 4.69) is 11.0 Å². The number of nitrogens with zero attached hydrogens (tertiary/aromatic N) is 1. The van der Waals surface area contributed by atoms with Gasteiger partial charge >= 0.3 is 0 Å². The van der Waals surface area contributed by atoms with Crippen LogP contribution in [-0.4, -0.2) is 9.78 Å². The third kappa shape index (κ3) is 1.50. The number of aromatic nitrogens is 2. The average molecular weight is 204 g/mol. The summed E-state index contributed by atoms with van der Waals surface area (Å²) in [5, 5.41) is 4.92. The molecule has 2 aromatic heterocycles. The summed E-state index contributed by atoms with van der Waals surface area (Å²) < 4.78 is 1.41. The first kappa shape index (κ1) is 8.85. The summed E-state index contributed by atoms with van der Waals surface area (Å²) >= 11 is 1.58. The van der Waals surface area contributed by atoms with E-state index in [0.717, 1.165) is 10.6 Å². The molecule has 0 unspecified atom stereocenters. The number of rotatable bonds is 2. The molecule has 1 N–H and O–H groups in total. The standard InChI is InChI=1S/C10H8N2OS/c1-2-5-12-10(13)7-8(11-12)9-4-3-6-14-9/h1,3-4,6-7,11H,5H2. The Hall–Kier alpha value is -1.73. The molecule has 0 fully saturated rings. The Bertz CT molecular complexity index is 513. The minimum atomic E-state index is -0.0913. The monoisotopic (exact) mass is 204 g/mol. The molecule has 0 saturated heterocycles. The summed E-state index contributed by atoms with van der Waals surface area (Å²) in [7, 11) is 0. The molecular weight excluding hydrogens is 196 g/mol. The Morgan fingerprint density at radius 3 is 3.14 bits per heavy atom. The molecular formula is C10H8N2OS. The Balaban J connectivity index is 2.44. The second kappa shape index (κ2) is 3.56. The number of H-pyrrole nitrogens is 1. The summed E-state index contributed by atoms with van der Waals surface area (Å²) in [4.78, 5) is 12.4. The zero-order valence-electron chi connectivity index (χ0n) is 7.36. The van der Waals surface area contributed by atoms with Crippen LogP contribution in [0.4, 0.5) is 0 Å². The van der Waals surface area contributed by atoms with Gasteiger partial charge in [-0.2, -0.15) is 0 Å². The Kier molecular flexibility index (Phi) is 2.25. The minimum absolute atomic E-state index is 0.0913. The van der Waals surface area contributed by atoms with Gasteiger partial charge in [-0.1, -0.05) is 12.0 Å². The molecule has 0 aliphatic rings. The summed E-state index contributed by atoms with van der Waals surface area (Å²) in [6.07, 6.45) is 5.13. The molecule has 0 aliphatic heterocycles. The number of thiophene rings is 1. The van der Waals surface area contributed by atoms with Crippen molar-refractivity contribution in [1.82, 2.24) is 9.78 Å². The fraction of sp³-hybridized carbons (Fsp3) is 0.100. The summed E-state index contributed by atoms with van der Waals surface area (Å²) in [5.74, 6) is 2.42. The fourth-order valence-corrected chi connectivity index (χ4v) is 1.89. The van der Waals surface area contributed by atoms with Crippen LogP contribution >= 0.6 is 11.3 Å². The van der Waals surface area contributed by atoms with Gasteiger partial charge in [0.1, 0.15) is 6.54 Å². The van der Waals surface area contributed by atoms with Crippen molar-refractivity contribution in [3.05, 3.63) is 33.9 Å². The van der Waals surface area contributed by atoms with E-state index in [1.165, 1.54) is 4.68 Å². The molecule has 2 aromatic rings. The van der Waals surface area contributed by atoms with Crippen molar-refractivity contribution in [2.24, 2.45) is 0 Å². The molecule has 0 atom stereocenters. The van der Waals surface area contributed by atoms with Crippen LogP contribution in [-0.2, 0) is 6.54 Å². The lowest BCUT2D eigenvalue weighted by atomic mass is 10.3. The lowest BCUT2D eigenvalue weighted by Crippen LogP contribution is -2.14. The van der Waals surface area contributed by atoms with Crippen LogP contribution in [0.5, 0.6) is 0 Å². The Labute approximate surface area is 85.0 Å². The molecule has 70 valence electrons. The highest BCUT2D eigenvalue weighted by atomic mass is 32.1. The number of hydrogen-bond donors (Lipinski definition) is 1. The lowest BCUT2D eigenvalue weighted by Gasteiger charge is -1.93. The highest BCUT2D eigenvalue weighted by molar-refractivity contribution is 7.13. The summed E-state index contributed by atoms with van der Waals surface area (Å²) in [6.45, 7) is 0.282. The quantitative estimate of drug-likeness (QED) is 0.740.